The highest BCUT2D eigenvalue weighted by Crippen LogP contribution is 2.23. The summed E-state index contributed by atoms with van der Waals surface area (Å²) in [5.41, 5.74) is 1.28. The van der Waals surface area contributed by atoms with Gasteiger partial charge in [-0.1, -0.05) is 6.07 Å². The second-order valence-corrected chi connectivity index (χ2v) is 9.55. The number of hydrogen-bond donors (Lipinski definition) is 2. The van der Waals surface area contributed by atoms with Gasteiger partial charge in [-0.05, 0) is 83.2 Å². The first-order valence-corrected chi connectivity index (χ1v) is 11.3. The summed E-state index contributed by atoms with van der Waals surface area (Å²) in [6.45, 7) is 10.5. The molecule has 0 spiro atoms. The zero-order valence-corrected chi connectivity index (χ0v) is 19.9. The van der Waals surface area contributed by atoms with Gasteiger partial charge >= 0.3 is 6.09 Å². The topological polar surface area (TPSA) is 101 Å². The molecule has 0 radical (unpaired) electrons. The van der Waals surface area contributed by atoms with Crippen LogP contribution in [0.1, 0.15) is 67.0 Å². The van der Waals surface area contributed by atoms with Gasteiger partial charge in [0.15, 0.2) is 5.76 Å². The summed E-state index contributed by atoms with van der Waals surface area (Å²) in [4.78, 5) is 39.4. The van der Waals surface area contributed by atoms with Gasteiger partial charge in [-0.2, -0.15) is 0 Å². The SMILES string of the molecule is Cc1ccc(C(=O)N[C@@H](C)[C@H]2CCCN(C(=O)OC(C)(C)C)C2)cc1NC(=O)c1ccco1. The van der Waals surface area contributed by atoms with E-state index in [9.17, 15) is 14.4 Å². The standard InChI is InChI=1S/C25H33N3O5/c1-16-10-11-18(14-20(16)27-23(30)21-9-7-13-32-21)22(29)26-17(2)19-8-6-12-28(15-19)24(31)33-25(3,4)5/h7,9-11,13-14,17,19H,6,8,12,15H2,1-5H3,(H,26,29)(H,27,30)/t17-,19-/m0/s1. The first kappa shape index (κ1) is 24.4. The highest BCUT2D eigenvalue weighted by molar-refractivity contribution is 6.04. The minimum absolute atomic E-state index is 0.124. The zero-order chi connectivity index (χ0) is 24.2. The van der Waals surface area contributed by atoms with Crippen LogP contribution in [0.3, 0.4) is 0 Å². The number of nitrogens with zero attached hydrogens (tertiary/aromatic N) is 1. The lowest BCUT2D eigenvalue weighted by Gasteiger charge is -2.36. The molecule has 0 unspecified atom stereocenters. The van der Waals surface area contributed by atoms with Crippen molar-refractivity contribution in [1.82, 2.24) is 10.2 Å². The van der Waals surface area contributed by atoms with Crippen molar-refractivity contribution in [2.24, 2.45) is 5.92 Å². The van der Waals surface area contributed by atoms with Crippen molar-refractivity contribution in [2.75, 3.05) is 18.4 Å². The van der Waals surface area contributed by atoms with E-state index in [0.29, 0.717) is 24.3 Å². The molecule has 1 aromatic carbocycles. The largest absolute Gasteiger partial charge is 0.459 e. The van der Waals surface area contributed by atoms with Crippen molar-refractivity contribution >= 4 is 23.6 Å². The number of amides is 3. The van der Waals surface area contributed by atoms with Crippen molar-refractivity contribution in [3.63, 3.8) is 0 Å². The molecule has 1 saturated heterocycles. The van der Waals surface area contributed by atoms with Crippen molar-refractivity contribution in [3.8, 4) is 0 Å². The molecule has 2 heterocycles. The summed E-state index contributed by atoms with van der Waals surface area (Å²) in [6.07, 6.45) is 2.89. The second kappa shape index (κ2) is 10.1. The van der Waals surface area contributed by atoms with Crippen molar-refractivity contribution in [3.05, 3.63) is 53.5 Å². The third-order valence-corrected chi connectivity index (χ3v) is 5.67. The van der Waals surface area contributed by atoms with Crippen LogP contribution in [0.25, 0.3) is 0 Å². The lowest BCUT2D eigenvalue weighted by Crippen LogP contribution is -2.49. The fourth-order valence-electron chi connectivity index (χ4n) is 3.81. The van der Waals surface area contributed by atoms with E-state index in [1.807, 2.05) is 34.6 Å². The maximum atomic E-state index is 12.9. The molecule has 1 fully saturated rings. The summed E-state index contributed by atoms with van der Waals surface area (Å²) < 4.78 is 10.6. The Morgan fingerprint density at radius 1 is 1.18 bits per heavy atom. The number of anilines is 1. The predicted octanol–water partition coefficient (Wildman–Crippen LogP) is 4.61. The summed E-state index contributed by atoms with van der Waals surface area (Å²) >= 11 is 0. The van der Waals surface area contributed by atoms with Gasteiger partial charge < -0.3 is 24.7 Å². The van der Waals surface area contributed by atoms with Crippen LogP contribution in [0.15, 0.2) is 41.0 Å². The van der Waals surface area contributed by atoms with Crippen LogP contribution < -0.4 is 10.6 Å². The Balaban J connectivity index is 1.62. The highest BCUT2D eigenvalue weighted by atomic mass is 16.6. The number of nitrogens with one attached hydrogen (secondary N) is 2. The molecule has 0 aliphatic carbocycles. The van der Waals surface area contributed by atoms with Crippen molar-refractivity contribution in [1.29, 1.82) is 0 Å². The maximum absolute atomic E-state index is 12.9. The van der Waals surface area contributed by atoms with E-state index in [-0.39, 0.29) is 35.6 Å². The number of aryl methyl sites for hydroxylation is 1. The normalized spacial score (nSPS) is 17.2. The van der Waals surface area contributed by atoms with Gasteiger partial charge in [0, 0.05) is 30.4 Å². The quantitative estimate of drug-likeness (QED) is 0.686. The van der Waals surface area contributed by atoms with E-state index in [1.165, 1.54) is 6.26 Å². The molecular weight excluding hydrogens is 422 g/mol. The molecule has 8 nitrogen and oxygen atoms in total. The molecule has 0 saturated carbocycles. The lowest BCUT2D eigenvalue weighted by atomic mass is 9.91. The minimum Gasteiger partial charge on any atom is -0.459 e. The predicted molar refractivity (Wildman–Crippen MR) is 125 cm³/mol. The van der Waals surface area contributed by atoms with Crippen LogP contribution >= 0.6 is 0 Å². The Morgan fingerprint density at radius 2 is 1.94 bits per heavy atom. The lowest BCUT2D eigenvalue weighted by molar-refractivity contribution is 0.0150. The Labute approximate surface area is 194 Å². The first-order chi connectivity index (χ1) is 15.5. The third-order valence-electron chi connectivity index (χ3n) is 5.67. The van der Waals surface area contributed by atoms with Gasteiger partial charge in [0.2, 0.25) is 0 Å². The average molecular weight is 456 g/mol. The van der Waals surface area contributed by atoms with E-state index in [2.05, 4.69) is 10.6 Å². The Hall–Kier alpha value is -3.29. The van der Waals surface area contributed by atoms with Crippen molar-refractivity contribution < 1.29 is 23.5 Å². The Kier molecular flexibility index (Phi) is 7.46. The summed E-state index contributed by atoms with van der Waals surface area (Å²) in [6, 6.07) is 8.27. The molecule has 3 amide bonds. The first-order valence-electron chi connectivity index (χ1n) is 11.3. The van der Waals surface area contributed by atoms with E-state index < -0.39 is 5.60 Å². The molecule has 2 N–H and O–H groups in total. The molecule has 178 valence electrons. The molecule has 0 bridgehead atoms. The van der Waals surface area contributed by atoms with Crippen LogP contribution in [0.2, 0.25) is 0 Å². The van der Waals surface area contributed by atoms with Crippen LogP contribution in [-0.2, 0) is 4.74 Å². The zero-order valence-electron chi connectivity index (χ0n) is 19.9. The molecule has 33 heavy (non-hydrogen) atoms. The number of piperidine rings is 1. The van der Waals surface area contributed by atoms with Gasteiger partial charge in [-0.25, -0.2) is 4.79 Å². The molecular formula is C25H33N3O5. The molecule has 2 aromatic rings. The van der Waals surface area contributed by atoms with Crippen LogP contribution in [0.4, 0.5) is 10.5 Å². The Morgan fingerprint density at radius 3 is 2.61 bits per heavy atom. The molecule has 2 atom stereocenters. The van der Waals surface area contributed by atoms with Crippen LogP contribution in [0.5, 0.6) is 0 Å². The molecule has 3 rings (SSSR count). The number of ether oxygens (including phenoxy) is 1. The van der Waals surface area contributed by atoms with E-state index >= 15 is 0 Å². The van der Waals surface area contributed by atoms with E-state index in [4.69, 9.17) is 9.15 Å². The third kappa shape index (κ3) is 6.60. The van der Waals surface area contributed by atoms with Gasteiger partial charge in [-0.15, -0.1) is 0 Å². The summed E-state index contributed by atoms with van der Waals surface area (Å²) in [5, 5.41) is 5.84. The summed E-state index contributed by atoms with van der Waals surface area (Å²) in [7, 11) is 0. The minimum atomic E-state index is -0.542. The van der Waals surface area contributed by atoms with Crippen LogP contribution in [0, 0.1) is 12.8 Å². The molecule has 1 aromatic heterocycles. The number of carbonyl (C=O) groups excluding carboxylic acids is 3. The fraction of sp³-hybridized carbons (Fsp3) is 0.480. The van der Waals surface area contributed by atoms with E-state index in [0.717, 1.165) is 18.4 Å². The number of carbonyl (C=O) groups is 3. The Bertz CT molecular complexity index is 994. The number of benzene rings is 1. The smallest absolute Gasteiger partial charge is 0.410 e. The summed E-state index contributed by atoms with van der Waals surface area (Å²) in [5.74, 6) is -0.285. The average Bonchev–Trinajstić information content (AvgIpc) is 3.29. The maximum Gasteiger partial charge on any atom is 0.410 e. The number of likely N-dealkylation sites (tertiary alicyclic amines) is 1. The van der Waals surface area contributed by atoms with Crippen LogP contribution in [-0.4, -0.2) is 47.5 Å². The molecule has 8 heteroatoms. The van der Waals surface area contributed by atoms with Gasteiger partial charge in [0.1, 0.15) is 5.60 Å². The van der Waals surface area contributed by atoms with Gasteiger partial charge in [-0.3, -0.25) is 9.59 Å². The molecule has 1 aliphatic rings. The fourth-order valence-corrected chi connectivity index (χ4v) is 3.81. The highest BCUT2D eigenvalue weighted by Gasteiger charge is 2.31. The number of rotatable bonds is 5. The van der Waals surface area contributed by atoms with Gasteiger partial charge in [0.05, 0.1) is 6.26 Å². The van der Waals surface area contributed by atoms with Gasteiger partial charge in [0.25, 0.3) is 11.8 Å². The van der Waals surface area contributed by atoms with E-state index in [1.54, 1.807) is 35.2 Å². The number of furan rings is 1. The monoisotopic (exact) mass is 455 g/mol. The molecule has 1 aliphatic heterocycles. The van der Waals surface area contributed by atoms with Crippen molar-refractivity contribution in [2.45, 2.75) is 59.1 Å². The number of hydrogen-bond acceptors (Lipinski definition) is 5. The second-order valence-electron chi connectivity index (χ2n) is 9.55.